The highest BCUT2D eigenvalue weighted by molar-refractivity contribution is 4.99. The molecule has 0 aromatic carbocycles. The molecule has 2 heteroatoms. The van der Waals surface area contributed by atoms with Gasteiger partial charge in [0, 0.05) is 24.2 Å². The second-order valence-corrected chi connectivity index (χ2v) is 6.31. The molecule has 2 aliphatic heterocycles. The van der Waals surface area contributed by atoms with E-state index >= 15 is 0 Å². The van der Waals surface area contributed by atoms with Crippen molar-refractivity contribution in [2.24, 2.45) is 0 Å². The zero-order valence-electron chi connectivity index (χ0n) is 12.6. The highest BCUT2D eigenvalue weighted by atomic mass is 15.3. The summed E-state index contributed by atoms with van der Waals surface area (Å²) in [7, 11) is 0. The molecule has 0 aliphatic carbocycles. The van der Waals surface area contributed by atoms with Crippen molar-refractivity contribution in [2.45, 2.75) is 96.3 Å². The molecule has 3 atom stereocenters. The normalized spacial score (nSPS) is 33.8. The van der Waals surface area contributed by atoms with Gasteiger partial charge >= 0.3 is 0 Å². The van der Waals surface area contributed by atoms with E-state index in [9.17, 15) is 0 Å². The molecule has 2 nitrogen and oxygen atoms in total. The molecule has 1 N–H and O–H groups in total. The lowest BCUT2D eigenvalue weighted by molar-refractivity contribution is 0.0630. The Kier molecular flexibility index (Phi) is 5.50. The highest BCUT2D eigenvalue weighted by Gasteiger charge is 2.42. The van der Waals surface area contributed by atoms with Crippen LogP contribution < -0.4 is 5.32 Å². The third-order valence-corrected chi connectivity index (χ3v) is 4.99. The minimum absolute atomic E-state index is 0.804. The maximum absolute atomic E-state index is 3.75. The van der Waals surface area contributed by atoms with E-state index in [1.165, 1.54) is 57.9 Å². The summed E-state index contributed by atoms with van der Waals surface area (Å²) in [6.07, 6.45) is 11.1. The van der Waals surface area contributed by atoms with Crippen LogP contribution in [0.3, 0.4) is 0 Å². The minimum Gasteiger partial charge on any atom is -0.314 e. The number of nitrogens with zero attached hydrogens (tertiary/aromatic N) is 1. The van der Waals surface area contributed by atoms with E-state index in [-0.39, 0.29) is 0 Å². The van der Waals surface area contributed by atoms with Gasteiger partial charge in [0.25, 0.3) is 0 Å². The second kappa shape index (κ2) is 6.91. The molecule has 0 saturated carbocycles. The van der Waals surface area contributed by atoms with Gasteiger partial charge in [-0.3, -0.25) is 4.90 Å². The Morgan fingerprint density at radius 3 is 2.22 bits per heavy atom. The van der Waals surface area contributed by atoms with Crippen LogP contribution in [0.25, 0.3) is 0 Å². The van der Waals surface area contributed by atoms with Crippen molar-refractivity contribution in [1.29, 1.82) is 0 Å². The van der Waals surface area contributed by atoms with E-state index < -0.39 is 0 Å². The van der Waals surface area contributed by atoms with Crippen molar-refractivity contribution in [2.75, 3.05) is 6.54 Å². The lowest BCUT2D eigenvalue weighted by Gasteiger charge is -2.44. The Morgan fingerprint density at radius 1 is 1.06 bits per heavy atom. The fourth-order valence-electron chi connectivity index (χ4n) is 4.22. The first-order chi connectivity index (χ1) is 8.80. The summed E-state index contributed by atoms with van der Waals surface area (Å²) in [5.74, 6) is 0. The lowest BCUT2D eigenvalue weighted by atomic mass is 9.93. The third-order valence-electron chi connectivity index (χ3n) is 4.99. The van der Waals surface area contributed by atoms with Gasteiger partial charge in [-0.1, -0.05) is 27.2 Å². The van der Waals surface area contributed by atoms with Gasteiger partial charge in [-0.2, -0.15) is 0 Å². The number of hydrogen-bond acceptors (Lipinski definition) is 2. The van der Waals surface area contributed by atoms with E-state index in [4.69, 9.17) is 0 Å². The predicted octanol–water partition coefficient (Wildman–Crippen LogP) is 3.56. The highest BCUT2D eigenvalue weighted by Crippen LogP contribution is 2.38. The average molecular weight is 252 g/mol. The summed E-state index contributed by atoms with van der Waals surface area (Å²) in [6, 6.07) is 3.43. The molecule has 0 amide bonds. The fraction of sp³-hybridized carbons (Fsp3) is 1.00. The first kappa shape index (κ1) is 14.3. The number of piperidine rings is 1. The standard InChI is InChI=1S/C16H32N2/c1-4-7-14(6-3)18-15-8-9-16(18)12-13(11-15)17-10-5-2/h13-17H,4-12H2,1-3H3. The van der Waals surface area contributed by atoms with Crippen LogP contribution in [0.5, 0.6) is 0 Å². The largest absolute Gasteiger partial charge is 0.314 e. The maximum Gasteiger partial charge on any atom is 0.0116 e. The number of rotatable bonds is 7. The number of nitrogens with one attached hydrogen (secondary N) is 1. The van der Waals surface area contributed by atoms with E-state index in [0.717, 1.165) is 24.2 Å². The van der Waals surface area contributed by atoms with Crippen LogP contribution in [0.15, 0.2) is 0 Å². The van der Waals surface area contributed by atoms with E-state index in [1.54, 1.807) is 0 Å². The van der Waals surface area contributed by atoms with Crippen LogP contribution in [0.1, 0.15) is 72.1 Å². The lowest BCUT2D eigenvalue weighted by Crippen LogP contribution is -2.53. The Hall–Kier alpha value is -0.0800. The smallest absolute Gasteiger partial charge is 0.0116 e. The summed E-state index contributed by atoms with van der Waals surface area (Å²) in [5, 5.41) is 3.75. The average Bonchev–Trinajstić information content (AvgIpc) is 2.64. The monoisotopic (exact) mass is 252 g/mol. The van der Waals surface area contributed by atoms with Crippen LogP contribution in [0, 0.1) is 0 Å². The van der Waals surface area contributed by atoms with Crippen LogP contribution in [0.2, 0.25) is 0 Å². The molecule has 2 fully saturated rings. The van der Waals surface area contributed by atoms with Crippen molar-refractivity contribution in [3.8, 4) is 0 Å². The zero-order chi connectivity index (χ0) is 13.0. The van der Waals surface area contributed by atoms with Crippen molar-refractivity contribution in [3.05, 3.63) is 0 Å². The van der Waals surface area contributed by atoms with Crippen molar-refractivity contribution >= 4 is 0 Å². The van der Waals surface area contributed by atoms with Gasteiger partial charge in [0.2, 0.25) is 0 Å². The number of hydrogen-bond donors (Lipinski definition) is 1. The maximum atomic E-state index is 3.75. The fourth-order valence-corrected chi connectivity index (χ4v) is 4.22. The molecule has 106 valence electrons. The summed E-state index contributed by atoms with van der Waals surface area (Å²) >= 11 is 0. The Balaban J connectivity index is 1.92. The van der Waals surface area contributed by atoms with E-state index in [2.05, 4.69) is 31.0 Å². The van der Waals surface area contributed by atoms with Crippen molar-refractivity contribution in [1.82, 2.24) is 10.2 Å². The van der Waals surface area contributed by atoms with Gasteiger partial charge in [0.1, 0.15) is 0 Å². The Morgan fingerprint density at radius 2 is 1.72 bits per heavy atom. The van der Waals surface area contributed by atoms with Crippen LogP contribution in [-0.2, 0) is 0 Å². The molecule has 3 unspecified atom stereocenters. The third kappa shape index (κ3) is 3.08. The van der Waals surface area contributed by atoms with Gasteiger partial charge < -0.3 is 5.32 Å². The number of fused-ring (bicyclic) bond motifs is 2. The van der Waals surface area contributed by atoms with Crippen molar-refractivity contribution < 1.29 is 0 Å². The minimum atomic E-state index is 0.804. The SMILES string of the molecule is CCCNC1CC2CCC(C1)N2C(CC)CCC. The molecule has 0 radical (unpaired) electrons. The Bertz CT molecular complexity index is 227. The van der Waals surface area contributed by atoms with Crippen LogP contribution >= 0.6 is 0 Å². The summed E-state index contributed by atoms with van der Waals surface area (Å²) < 4.78 is 0. The second-order valence-electron chi connectivity index (χ2n) is 6.31. The van der Waals surface area contributed by atoms with Crippen LogP contribution in [-0.4, -0.2) is 35.6 Å². The predicted molar refractivity (Wildman–Crippen MR) is 79.0 cm³/mol. The van der Waals surface area contributed by atoms with Gasteiger partial charge in [-0.25, -0.2) is 0 Å². The van der Waals surface area contributed by atoms with Gasteiger partial charge in [0.15, 0.2) is 0 Å². The summed E-state index contributed by atoms with van der Waals surface area (Å²) in [5.41, 5.74) is 0. The molecule has 18 heavy (non-hydrogen) atoms. The van der Waals surface area contributed by atoms with Gasteiger partial charge in [-0.15, -0.1) is 0 Å². The quantitative estimate of drug-likeness (QED) is 0.745. The van der Waals surface area contributed by atoms with E-state index in [0.29, 0.717) is 0 Å². The Labute approximate surface area is 114 Å². The first-order valence-corrected chi connectivity index (χ1v) is 8.30. The molecule has 0 aromatic rings. The van der Waals surface area contributed by atoms with Gasteiger partial charge in [0.05, 0.1) is 0 Å². The zero-order valence-corrected chi connectivity index (χ0v) is 12.6. The molecule has 0 spiro atoms. The van der Waals surface area contributed by atoms with Crippen molar-refractivity contribution in [3.63, 3.8) is 0 Å². The van der Waals surface area contributed by atoms with Gasteiger partial charge in [-0.05, 0) is 51.5 Å². The molecule has 0 aromatic heterocycles. The topological polar surface area (TPSA) is 15.3 Å². The summed E-state index contributed by atoms with van der Waals surface area (Å²) in [4.78, 5) is 2.91. The summed E-state index contributed by atoms with van der Waals surface area (Å²) in [6.45, 7) is 8.18. The molecule has 2 bridgehead atoms. The van der Waals surface area contributed by atoms with Crippen LogP contribution in [0.4, 0.5) is 0 Å². The molecule has 2 rings (SSSR count). The van der Waals surface area contributed by atoms with E-state index in [1.807, 2.05) is 0 Å². The molecular weight excluding hydrogens is 220 g/mol. The first-order valence-electron chi connectivity index (χ1n) is 8.30. The molecule has 2 heterocycles. The molecule has 2 aliphatic rings. The molecular formula is C16H32N2. The molecule has 2 saturated heterocycles.